The van der Waals surface area contributed by atoms with Gasteiger partial charge in [0.05, 0.1) is 22.8 Å². The summed E-state index contributed by atoms with van der Waals surface area (Å²) < 4.78 is 0. The highest BCUT2D eigenvalue weighted by molar-refractivity contribution is 6.16. The molecule has 0 spiro atoms. The second-order valence-electron chi connectivity index (χ2n) is 5.32. The van der Waals surface area contributed by atoms with E-state index in [-0.39, 0.29) is 5.91 Å². The highest BCUT2D eigenvalue weighted by atomic mass is 16.2. The van der Waals surface area contributed by atoms with Gasteiger partial charge < -0.3 is 0 Å². The number of carbonyl (C=O) groups excluding carboxylic acids is 1. The Labute approximate surface area is 123 Å². The molecule has 1 aromatic carbocycles. The lowest BCUT2D eigenvalue weighted by Crippen LogP contribution is -2.30. The molecule has 0 saturated heterocycles. The van der Waals surface area contributed by atoms with Gasteiger partial charge in [-0.15, -0.1) is 0 Å². The van der Waals surface area contributed by atoms with Gasteiger partial charge in [0.1, 0.15) is 0 Å². The summed E-state index contributed by atoms with van der Waals surface area (Å²) in [4.78, 5) is 14.1. The van der Waals surface area contributed by atoms with Crippen molar-refractivity contribution in [2.75, 3.05) is 5.01 Å². The number of aryl methyl sites for hydroxylation is 3. The van der Waals surface area contributed by atoms with E-state index in [2.05, 4.69) is 15.3 Å². The number of carbonyl (C=O) groups is 1. The molecule has 108 valence electrons. The number of anilines is 1. The van der Waals surface area contributed by atoms with Crippen LogP contribution in [0, 0.1) is 20.8 Å². The lowest BCUT2D eigenvalue weighted by molar-refractivity contribution is -0.119. The van der Waals surface area contributed by atoms with Crippen molar-refractivity contribution in [3.05, 3.63) is 41.2 Å². The largest absolute Gasteiger partial charge is 0.280 e. The Hall–Kier alpha value is -2.50. The van der Waals surface area contributed by atoms with Gasteiger partial charge in [-0.05, 0) is 39.8 Å². The highest BCUT2D eigenvalue weighted by Crippen LogP contribution is 2.26. The molecule has 21 heavy (non-hydrogen) atoms. The quantitative estimate of drug-likeness (QED) is 0.848. The number of hydrogen-bond donors (Lipinski definition) is 0. The average Bonchev–Trinajstić information content (AvgIpc) is 2.91. The maximum Gasteiger partial charge on any atom is 0.280 e. The van der Waals surface area contributed by atoms with Crippen LogP contribution in [-0.2, 0) is 4.79 Å². The molecule has 0 bridgehead atoms. The number of aromatic nitrogens is 3. The van der Waals surface area contributed by atoms with Gasteiger partial charge in [-0.1, -0.05) is 17.7 Å². The SMILES string of the molecule is CC1=NN(c2ccc(C)cc2)C(=O)C1n1nc(C)c(C)n1. The van der Waals surface area contributed by atoms with Gasteiger partial charge in [0.15, 0.2) is 6.04 Å². The maximum absolute atomic E-state index is 12.6. The van der Waals surface area contributed by atoms with E-state index in [0.29, 0.717) is 5.71 Å². The molecular formula is C15H17N5O. The third-order valence-corrected chi connectivity index (χ3v) is 3.63. The summed E-state index contributed by atoms with van der Waals surface area (Å²) in [7, 11) is 0. The molecule has 6 nitrogen and oxygen atoms in total. The Morgan fingerprint density at radius 3 is 2.10 bits per heavy atom. The molecular weight excluding hydrogens is 266 g/mol. The van der Waals surface area contributed by atoms with Crippen LogP contribution < -0.4 is 5.01 Å². The van der Waals surface area contributed by atoms with E-state index in [1.807, 2.05) is 52.0 Å². The predicted octanol–water partition coefficient (Wildman–Crippen LogP) is 2.17. The maximum atomic E-state index is 12.6. The van der Waals surface area contributed by atoms with Crippen LogP contribution in [0.2, 0.25) is 0 Å². The molecule has 0 aliphatic carbocycles. The molecule has 1 atom stereocenters. The number of hydrazone groups is 1. The second-order valence-corrected chi connectivity index (χ2v) is 5.32. The minimum absolute atomic E-state index is 0.133. The van der Waals surface area contributed by atoms with Gasteiger partial charge >= 0.3 is 0 Å². The zero-order valence-corrected chi connectivity index (χ0v) is 12.5. The fraction of sp³-hybridized carbons (Fsp3) is 0.333. The normalized spacial score (nSPS) is 18.3. The first-order chi connectivity index (χ1) is 9.97. The van der Waals surface area contributed by atoms with Gasteiger partial charge in [0, 0.05) is 0 Å². The monoisotopic (exact) mass is 283 g/mol. The fourth-order valence-corrected chi connectivity index (χ4v) is 2.28. The first kappa shape index (κ1) is 13.5. The Balaban J connectivity index is 1.95. The zero-order chi connectivity index (χ0) is 15.1. The number of amides is 1. The molecule has 2 heterocycles. The minimum Gasteiger partial charge on any atom is -0.269 e. The molecule has 3 rings (SSSR count). The number of rotatable bonds is 2. The van der Waals surface area contributed by atoms with Crippen LogP contribution in [0.3, 0.4) is 0 Å². The molecule has 6 heteroatoms. The van der Waals surface area contributed by atoms with Gasteiger partial charge in [0.2, 0.25) is 0 Å². The van der Waals surface area contributed by atoms with E-state index in [1.165, 1.54) is 9.81 Å². The van der Waals surface area contributed by atoms with Crippen molar-refractivity contribution in [2.24, 2.45) is 5.10 Å². The highest BCUT2D eigenvalue weighted by Gasteiger charge is 2.37. The lowest BCUT2D eigenvalue weighted by atomic mass is 10.2. The summed E-state index contributed by atoms with van der Waals surface area (Å²) in [6.45, 7) is 7.59. The fourth-order valence-electron chi connectivity index (χ4n) is 2.28. The smallest absolute Gasteiger partial charge is 0.269 e. The standard InChI is InChI=1S/C15H17N5O/c1-9-5-7-13(8-6-9)19-15(21)14(12(4)16-19)20-17-10(2)11(3)18-20/h5-8,14H,1-4H3. The summed E-state index contributed by atoms with van der Waals surface area (Å²) in [5, 5.41) is 14.4. The third-order valence-electron chi connectivity index (χ3n) is 3.63. The molecule has 0 N–H and O–H groups in total. The van der Waals surface area contributed by atoms with Crippen molar-refractivity contribution in [1.82, 2.24) is 15.0 Å². The van der Waals surface area contributed by atoms with Crippen molar-refractivity contribution in [2.45, 2.75) is 33.7 Å². The number of nitrogens with zero attached hydrogens (tertiary/aromatic N) is 5. The Bertz CT molecular complexity index is 710. The third kappa shape index (κ3) is 2.22. The van der Waals surface area contributed by atoms with Crippen molar-refractivity contribution >= 4 is 17.3 Å². The second kappa shape index (κ2) is 4.80. The molecule has 0 fully saturated rings. The molecule has 1 aliphatic rings. The van der Waals surface area contributed by atoms with E-state index < -0.39 is 6.04 Å². The summed E-state index contributed by atoms with van der Waals surface area (Å²) in [6.07, 6.45) is 0. The van der Waals surface area contributed by atoms with E-state index in [4.69, 9.17) is 0 Å². The molecule has 0 saturated carbocycles. The lowest BCUT2D eigenvalue weighted by Gasteiger charge is -2.14. The topological polar surface area (TPSA) is 63.4 Å². The Kier molecular flexibility index (Phi) is 3.08. The van der Waals surface area contributed by atoms with Crippen LogP contribution in [0.15, 0.2) is 29.4 Å². The first-order valence-electron chi connectivity index (χ1n) is 6.83. The summed E-state index contributed by atoms with van der Waals surface area (Å²) in [5.74, 6) is -0.133. The van der Waals surface area contributed by atoms with Gasteiger partial charge in [-0.25, -0.2) is 0 Å². The van der Waals surface area contributed by atoms with E-state index in [0.717, 1.165) is 22.6 Å². The van der Waals surface area contributed by atoms with E-state index in [1.54, 1.807) is 0 Å². The van der Waals surface area contributed by atoms with Crippen LogP contribution in [0.4, 0.5) is 5.69 Å². The molecule has 1 unspecified atom stereocenters. The van der Waals surface area contributed by atoms with Crippen LogP contribution in [0.1, 0.15) is 29.9 Å². The van der Waals surface area contributed by atoms with Gasteiger partial charge in [-0.2, -0.15) is 25.1 Å². The summed E-state index contributed by atoms with van der Waals surface area (Å²) >= 11 is 0. The van der Waals surface area contributed by atoms with Crippen LogP contribution in [0.25, 0.3) is 0 Å². The van der Waals surface area contributed by atoms with Gasteiger partial charge in [-0.3, -0.25) is 4.79 Å². The van der Waals surface area contributed by atoms with Crippen molar-refractivity contribution in [3.63, 3.8) is 0 Å². The molecule has 1 aromatic heterocycles. The van der Waals surface area contributed by atoms with E-state index >= 15 is 0 Å². The Morgan fingerprint density at radius 2 is 1.52 bits per heavy atom. The number of benzene rings is 1. The molecule has 2 aromatic rings. The summed E-state index contributed by atoms with van der Waals surface area (Å²) in [6, 6.07) is 7.14. The van der Waals surface area contributed by atoms with Crippen molar-refractivity contribution < 1.29 is 4.79 Å². The van der Waals surface area contributed by atoms with Crippen LogP contribution in [0.5, 0.6) is 0 Å². The molecule has 1 amide bonds. The Morgan fingerprint density at radius 1 is 0.952 bits per heavy atom. The molecule has 1 aliphatic heterocycles. The van der Waals surface area contributed by atoms with E-state index in [9.17, 15) is 4.79 Å². The van der Waals surface area contributed by atoms with Gasteiger partial charge in [0.25, 0.3) is 5.91 Å². The van der Waals surface area contributed by atoms with Crippen molar-refractivity contribution in [3.8, 4) is 0 Å². The first-order valence-corrected chi connectivity index (χ1v) is 6.83. The molecule has 0 radical (unpaired) electrons. The average molecular weight is 283 g/mol. The summed E-state index contributed by atoms with van der Waals surface area (Å²) in [5.41, 5.74) is 4.24. The number of hydrogen-bond acceptors (Lipinski definition) is 4. The minimum atomic E-state index is -0.557. The van der Waals surface area contributed by atoms with Crippen molar-refractivity contribution in [1.29, 1.82) is 0 Å². The zero-order valence-electron chi connectivity index (χ0n) is 12.5. The predicted molar refractivity (Wildman–Crippen MR) is 80.3 cm³/mol. The van der Waals surface area contributed by atoms with Crippen LogP contribution >= 0.6 is 0 Å². The van der Waals surface area contributed by atoms with Crippen LogP contribution in [-0.4, -0.2) is 26.6 Å².